The van der Waals surface area contributed by atoms with Crippen molar-refractivity contribution < 1.29 is 4.74 Å². The predicted octanol–water partition coefficient (Wildman–Crippen LogP) is 3.76. The molecule has 1 unspecified atom stereocenters. The molecule has 0 aromatic heterocycles. The highest BCUT2D eigenvalue weighted by Crippen LogP contribution is 2.35. The maximum Gasteiger partial charge on any atom is 0.121 e. The Morgan fingerprint density at radius 3 is 2.79 bits per heavy atom. The minimum atomic E-state index is 0.651. The largest absolute Gasteiger partial charge is 0.496 e. The number of rotatable bonds is 4. The molecule has 0 saturated heterocycles. The molecule has 0 fully saturated rings. The molecule has 3 rings (SSSR count). The van der Waals surface area contributed by atoms with Crippen molar-refractivity contribution in [1.29, 1.82) is 0 Å². The summed E-state index contributed by atoms with van der Waals surface area (Å²) >= 11 is 0. The Morgan fingerprint density at radius 1 is 1.21 bits per heavy atom. The summed E-state index contributed by atoms with van der Waals surface area (Å²) < 4.78 is 5.28. The number of aryl methyl sites for hydroxylation is 1. The smallest absolute Gasteiger partial charge is 0.121 e. The van der Waals surface area contributed by atoms with E-state index in [0.717, 1.165) is 12.3 Å². The minimum Gasteiger partial charge on any atom is -0.496 e. The van der Waals surface area contributed by atoms with Gasteiger partial charge in [-0.05, 0) is 48.2 Å². The molecule has 1 aliphatic rings. The SMILES string of the molecule is COc1ccc(NCC2Cc3ccccc32)cc1C. The second-order valence-corrected chi connectivity index (χ2v) is 5.17. The molecule has 0 bridgehead atoms. The van der Waals surface area contributed by atoms with Gasteiger partial charge in [0.1, 0.15) is 5.75 Å². The highest BCUT2D eigenvalue weighted by molar-refractivity contribution is 5.51. The fourth-order valence-corrected chi connectivity index (χ4v) is 2.77. The van der Waals surface area contributed by atoms with Crippen LogP contribution in [0.5, 0.6) is 5.75 Å². The van der Waals surface area contributed by atoms with Gasteiger partial charge in [0.25, 0.3) is 0 Å². The third kappa shape index (κ3) is 2.30. The molecule has 1 atom stereocenters. The Labute approximate surface area is 114 Å². The molecule has 19 heavy (non-hydrogen) atoms. The lowest BCUT2D eigenvalue weighted by atomic mass is 9.77. The van der Waals surface area contributed by atoms with E-state index < -0.39 is 0 Å². The van der Waals surface area contributed by atoms with Crippen molar-refractivity contribution in [2.45, 2.75) is 19.3 Å². The predicted molar refractivity (Wildman–Crippen MR) is 79.1 cm³/mol. The van der Waals surface area contributed by atoms with Gasteiger partial charge in [0.05, 0.1) is 7.11 Å². The van der Waals surface area contributed by atoms with E-state index in [9.17, 15) is 0 Å². The zero-order valence-electron chi connectivity index (χ0n) is 11.4. The molecule has 2 aromatic carbocycles. The lowest BCUT2D eigenvalue weighted by Gasteiger charge is -2.30. The number of anilines is 1. The van der Waals surface area contributed by atoms with Gasteiger partial charge in [-0.2, -0.15) is 0 Å². The van der Waals surface area contributed by atoms with E-state index in [4.69, 9.17) is 4.74 Å². The molecule has 2 aromatic rings. The van der Waals surface area contributed by atoms with Gasteiger partial charge in [-0.25, -0.2) is 0 Å². The van der Waals surface area contributed by atoms with Crippen LogP contribution in [0, 0.1) is 6.92 Å². The Bertz CT molecular complexity index is 592. The third-order valence-corrected chi connectivity index (χ3v) is 3.91. The molecule has 0 heterocycles. The Balaban J connectivity index is 1.64. The number of hydrogen-bond donors (Lipinski definition) is 1. The Hall–Kier alpha value is -1.96. The topological polar surface area (TPSA) is 21.3 Å². The summed E-state index contributed by atoms with van der Waals surface area (Å²) in [4.78, 5) is 0. The molecule has 0 radical (unpaired) electrons. The maximum absolute atomic E-state index is 5.28. The van der Waals surface area contributed by atoms with Crippen molar-refractivity contribution >= 4 is 5.69 Å². The number of nitrogens with one attached hydrogen (secondary N) is 1. The molecule has 2 nitrogen and oxygen atoms in total. The van der Waals surface area contributed by atoms with Gasteiger partial charge in [0, 0.05) is 18.2 Å². The van der Waals surface area contributed by atoms with Crippen LogP contribution in [0.3, 0.4) is 0 Å². The molecule has 0 spiro atoms. The van der Waals surface area contributed by atoms with Crippen molar-refractivity contribution in [1.82, 2.24) is 0 Å². The van der Waals surface area contributed by atoms with Crippen molar-refractivity contribution in [2.24, 2.45) is 0 Å². The summed E-state index contributed by atoms with van der Waals surface area (Å²) in [5.74, 6) is 1.60. The van der Waals surface area contributed by atoms with Gasteiger partial charge in [-0.1, -0.05) is 24.3 Å². The van der Waals surface area contributed by atoms with E-state index in [2.05, 4.69) is 48.6 Å². The molecule has 0 saturated carbocycles. The molecule has 0 amide bonds. The van der Waals surface area contributed by atoms with Crippen LogP contribution in [-0.2, 0) is 6.42 Å². The molecule has 2 heteroatoms. The van der Waals surface area contributed by atoms with E-state index in [-0.39, 0.29) is 0 Å². The summed E-state index contributed by atoms with van der Waals surface area (Å²) in [5.41, 5.74) is 5.34. The summed E-state index contributed by atoms with van der Waals surface area (Å²) in [5, 5.41) is 3.52. The molecular weight excluding hydrogens is 234 g/mol. The highest BCUT2D eigenvalue weighted by atomic mass is 16.5. The van der Waals surface area contributed by atoms with Gasteiger partial charge < -0.3 is 10.1 Å². The quantitative estimate of drug-likeness (QED) is 0.896. The first-order chi connectivity index (χ1) is 9.28. The van der Waals surface area contributed by atoms with Crippen LogP contribution in [0.4, 0.5) is 5.69 Å². The number of benzene rings is 2. The molecule has 1 aliphatic carbocycles. The molecule has 1 N–H and O–H groups in total. The average Bonchev–Trinajstić information content (AvgIpc) is 2.40. The third-order valence-electron chi connectivity index (χ3n) is 3.91. The van der Waals surface area contributed by atoms with Gasteiger partial charge >= 0.3 is 0 Å². The van der Waals surface area contributed by atoms with E-state index >= 15 is 0 Å². The van der Waals surface area contributed by atoms with Gasteiger partial charge in [0.2, 0.25) is 0 Å². The summed E-state index contributed by atoms with van der Waals surface area (Å²) in [6, 6.07) is 15.0. The second kappa shape index (κ2) is 4.96. The summed E-state index contributed by atoms with van der Waals surface area (Å²) in [7, 11) is 1.71. The number of fused-ring (bicyclic) bond motifs is 1. The Morgan fingerprint density at radius 2 is 2.05 bits per heavy atom. The van der Waals surface area contributed by atoms with Crippen LogP contribution < -0.4 is 10.1 Å². The lowest BCUT2D eigenvalue weighted by molar-refractivity contribution is 0.412. The van der Waals surface area contributed by atoms with Crippen LogP contribution in [0.1, 0.15) is 22.6 Å². The van der Waals surface area contributed by atoms with Gasteiger partial charge in [-0.3, -0.25) is 0 Å². The van der Waals surface area contributed by atoms with E-state index in [1.165, 1.54) is 28.8 Å². The lowest BCUT2D eigenvalue weighted by Crippen LogP contribution is -2.24. The van der Waals surface area contributed by atoms with Crippen molar-refractivity contribution in [2.75, 3.05) is 19.0 Å². The van der Waals surface area contributed by atoms with Crippen LogP contribution in [0.15, 0.2) is 42.5 Å². The van der Waals surface area contributed by atoms with Crippen molar-refractivity contribution in [3.8, 4) is 5.75 Å². The summed E-state index contributed by atoms with van der Waals surface area (Å²) in [6.07, 6.45) is 1.19. The first-order valence-electron chi connectivity index (χ1n) is 6.74. The number of methoxy groups -OCH3 is 1. The normalized spacial score (nSPS) is 16.4. The van der Waals surface area contributed by atoms with Crippen LogP contribution in [0.25, 0.3) is 0 Å². The van der Waals surface area contributed by atoms with E-state index in [1.807, 2.05) is 6.07 Å². The van der Waals surface area contributed by atoms with Crippen LogP contribution >= 0.6 is 0 Å². The molecular formula is C17H19NO. The number of ether oxygens (including phenoxy) is 1. The van der Waals surface area contributed by atoms with E-state index in [0.29, 0.717) is 5.92 Å². The van der Waals surface area contributed by atoms with Crippen molar-refractivity contribution in [3.63, 3.8) is 0 Å². The fourth-order valence-electron chi connectivity index (χ4n) is 2.77. The number of hydrogen-bond acceptors (Lipinski definition) is 2. The van der Waals surface area contributed by atoms with Gasteiger partial charge in [-0.15, -0.1) is 0 Å². The Kier molecular flexibility index (Phi) is 3.16. The molecule has 98 valence electrons. The average molecular weight is 253 g/mol. The zero-order chi connectivity index (χ0) is 13.2. The monoisotopic (exact) mass is 253 g/mol. The standard InChI is InChI=1S/C17H19NO/c1-12-9-15(7-8-17(12)19-2)18-11-14-10-13-5-3-4-6-16(13)14/h3-9,14,18H,10-11H2,1-2H3. The molecule has 0 aliphatic heterocycles. The second-order valence-electron chi connectivity index (χ2n) is 5.17. The fraction of sp³-hybridized carbons (Fsp3) is 0.294. The maximum atomic E-state index is 5.28. The zero-order valence-corrected chi connectivity index (χ0v) is 11.4. The van der Waals surface area contributed by atoms with E-state index in [1.54, 1.807) is 7.11 Å². The minimum absolute atomic E-state index is 0.651. The highest BCUT2D eigenvalue weighted by Gasteiger charge is 2.24. The summed E-state index contributed by atoms with van der Waals surface area (Å²) in [6.45, 7) is 3.07. The van der Waals surface area contributed by atoms with Crippen molar-refractivity contribution in [3.05, 3.63) is 59.2 Å². The van der Waals surface area contributed by atoms with Gasteiger partial charge in [0.15, 0.2) is 0 Å². The van der Waals surface area contributed by atoms with Crippen LogP contribution in [-0.4, -0.2) is 13.7 Å². The van der Waals surface area contributed by atoms with Crippen LogP contribution in [0.2, 0.25) is 0 Å². The first kappa shape index (κ1) is 12.1. The first-order valence-corrected chi connectivity index (χ1v) is 6.74.